The summed E-state index contributed by atoms with van der Waals surface area (Å²) in [4.78, 5) is 11.3. The normalized spacial score (nSPS) is 43.2. The van der Waals surface area contributed by atoms with E-state index in [9.17, 15) is 9.90 Å². The molecule has 0 aliphatic heterocycles. The number of allylic oxidation sites excluding steroid dienone is 1. The highest BCUT2D eigenvalue weighted by Gasteiger charge is 2.52. The number of aliphatic hydroxyl groups is 1. The minimum absolute atomic E-state index is 0.0184. The number of ketones is 1. The highest BCUT2D eigenvalue weighted by molar-refractivity contribution is 5.75. The van der Waals surface area contributed by atoms with Crippen molar-refractivity contribution in [2.45, 2.75) is 52.1 Å². The minimum atomic E-state index is -0.208. The number of rotatable bonds is 2. The largest absolute Gasteiger partial charge is 0.393 e. The number of hydrogen-bond acceptors (Lipinski definition) is 2. The minimum Gasteiger partial charge on any atom is -0.393 e. The molecule has 0 saturated heterocycles. The van der Waals surface area contributed by atoms with Gasteiger partial charge in [-0.1, -0.05) is 19.1 Å². The van der Waals surface area contributed by atoms with E-state index in [1.807, 2.05) is 0 Å². The van der Waals surface area contributed by atoms with Gasteiger partial charge in [0.2, 0.25) is 0 Å². The van der Waals surface area contributed by atoms with Crippen molar-refractivity contribution in [3.05, 3.63) is 12.2 Å². The number of hydrogen-bond donors (Lipinski definition) is 1. The molecule has 16 heavy (non-hydrogen) atoms. The molecule has 2 aliphatic rings. The maximum atomic E-state index is 11.3. The summed E-state index contributed by atoms with van der Waals surface area (Å²) in [5, 5.41) is 10.2. The van der Waals surface area contributed by atoms with Gasteiger partial charge in [0.25, 0.3) is 0 Å². The standard InChI is InChI=1S/C14H22O2/c1-9-4-5-12(16)14(3)7-6-11(13(9)14)8-10(2)15/h11-13,16H,1,4-8H2,2-3H3/t11?,12-,13?,14+/m1/s1. The van der Waals surface area contributed by atoms with Crippen molar-refractivity contribution in [3.63, 3.8) is 0 Å². The van der Waals surface area contributed by atoms with Gasteiger partial charge in [-0.05, 0) is 44.4 Å². The van der Waals surface area contributed by atoms with Crippen molar-refractivity contribution >= 4 is 5.78 Å². The van der Waals surface area contributed by atoms with Crippen molar-refractivity contribution < 1.29 is 9.90 Å². The summed E-state index contributed by atoms with van der Waals surface area (Å²) in [6.07, 6.45) is 4.33. The predicted molar refractivity (Wildman–Crippen MR) is 64.0 cm³/mol. The lowest BCUT2D eigenvalue weighted by Crippen LogP contribution is -2.42. The zero-order chi connectivity index (χ0) is 11.9. The lowest BCUT2D eigenvalue weighted by atomic mass is 9.63. The van der Waals surface area contributed by atoms with Gasteiger partial charge in [0.05, 0.1) is 6.10 Å². The Balaban J connectivity index is 2.23. The van der Waals surface area contributed by atoms with E-state index in [-0.39, 0.29) is 17.3 Å². The van der Waals surface area contributed by atoms with Gasteiger partial charge in [-0.25, -0.2) is 0 Å². The quantitative estimate of drug-likeness (QED) is 0.729. The molecule has 0 spiro atoms. The Labute approximate surface area is 97.7 Å². The Kier molecular flexibility index (Phi) is 2.95. The average molecular weight is 222 g/mol. The molecule has 2 aliphatic carbocycles. The third-order valence-electron chi connectivity index (χ3n) is 4.73. The molecule has 0 aromatic heterocycles. The first-order chi connectivity index (χ1) is 7.45. The molecule has 2 unspecified atom stereocenters. The van der Waals surface area contributed by atoms with Crippen LogP contribution in [0.1, 0.15) is 46.0 Å². The number of carbonyl (C=O) groups is 1. The zero-order valence-corrected chi connectivity index (χ0v) is 10.3. The molecule has 2 fully saturated rings. The van der Waals surface area contributed by atoms with Gasteiger partial charge in [-0.2, -0.15) is 0 Å². The van der Waals surface area contributed by atoms with Crippen molar-refractivity contribution in [2.75, 3.05) is 0 Å². The van der Waals surface area contributed by atoms with E-state index in [0.717, 1.165) is 25.7 Å². The van der Waals surface area contributed by atoms with Crippen molar-refractivity contribution in [1.82, 2.24) is 0 Å². The van der Waals surface area contributed by atoms with Gasteiger partial charge in [0.1, 0.15) is 5.78 Å². The van der Waals surface area contributed by atoms with E-state index >= 15 is 0 Å². The average Bonchev–Trinajstić information content (AvgIpc) is 2.52. The molecular weight excluding hydrogens is 200 g/mol. The van der Waals surface area contributed by atoms with Gasteiger partial charge in [0.15, 0.2) is 0 Å². The topological polar surface area (TPSA) is 37.3 Å². The first-order valence-corrected chi connectivity index (χ1v) is 6.30. The number of carbonyl (C=O) groups excluding carboxylic acids is 1. The zero-order valence-electron chi connectivity index (χ0n) is 10.3. The van der Waals surface area contributed by atoms with Gasteiger partial charge >= 0.3 is 0 Å². The second-order valence-corrected chi connectivity index (χ2v) is 5.90. The summed E-state index contributed by atoms with van der Waals surface area (Å²) < 4.78 is 0. The second-order valence-electron chi connectivity index (χ2n) is 5.90. The Morgan fingerprint density at radius 2 is 2.25 bits per heavy atom. The maximum absolute atomic E-state index is 11.3. The molecule has 0 bridgehead atoms. The Hall–Kier alpha value is -0.630. The van der Waals surface area contributed by atoms with Crippen LogP contribution in [0.4, 0.5) is 0 Å². The van der Waals surface area contributed by atoms with Crippen molar-refractivity contribution in [3.8, 4) is 0 Å². The monoisotopic (exact) mass is 222 g/mol. The van der Waals surface area contributed by atoms with Gasteiger partial charge in [-0.3, -0.25) is 0 Å². The van der Waals surface area contributed by atoms with Crippen LogP contribution in [0.15, 0.2) is 12.2 Å². The molecule has 0 radical (unpaired) electrons. The van der Waals surface area contributed by atoms with Crippen LogP contribution in [0.2, 0.25) is 0 Å². The summed E-state index contributed by atoms with van der Waals surface area (Å²) in [5.41, 5.74) is 1.24. The molecule has 0 heterocycles. The fourth-order valence-corrected chi connectivity index (χ4v) is 3.93. The molecule has 0 aromatic rings. The van der Waals surface area contributed by atoms with E-state index in [1.54, 1.807) is 6.92 Å². The molecule has 2 nitrogen and oxygen atoms in total. The summed E-state index contributed by atoms with van der Waals surface area (Å²) in [5.74, 6) is 1.05. The summed E-state index contributed by atoms with van der Waals surface area (Å²) in [6.45, 7) is 8.01. The molecule has 1 N–H and O–H groups in total. The Bertz CT molecular complexity index is 321. The number of Topliss-reactive ketones (excluding diaryl/α,β-unsaturated/α-hetero) is 1. The smallest absolute Gasteiger partial charge is 0.130 e. The third-order valence-corrected chi connectivity index (χ3v) is 4.73. The van der Waals surface area contributed by atoms with Crippen LogP contribution in [0.25, 0.3) is 0 Å². The Morgan fingerprint density at radius 1 is 1.56 bits per heavy atom. The van der Waals surface area contributed by atoms with Crippen LogP contribution < -0.4 is 0 Å². The number of aliphatic hydroxyl groups excluding tert-OH is 1. The third kappa shape index (κ3) is 1.73. The molecule has 2 rings (SSSR count). The van der Waals surface area contributed by atoms with Crippen LogP contribution in [0.5, 0.6) is 0 Å². The van der Waals surface area contributed by atoms with Crippen LogP contribution >= 0.6 is 0 Å². The van der Waals surface area contributed by atoms with Crippen LogP contribution in [-0.2, 0) is 4.79 Å². The van der Waals surface area contributed by atoms with E-state index < -0.39 is 0 Å². The molecule has 0 amide bonds. The lowest BCUT2D eigenvalue weighted by Gasteiger charge is -2.43. The highest BCUT2D eigenvalue weighted by Crippen LogP contribution is 2.57. The van der Waals surface area contributed by atoms with Crippen molar-refractivity contribution in [1.29, 1.82) is 0 Å². The summed E-state index contributed by atoms with van der Waals surface area (Å²) in [6, 6.07) is 0. The summed E-state index contributed by atoms with van der Waals surface area (Å²) >= 11 is 0. The van der Waals surface area contributed by atoms with Crippen molar-refractivity contribution in [2.24, 2.45) is 17.3 Å². The first kappa shape index (κ1) is 11.8. The highest BCUT2D eigenvalue weighted by atomic mass is 16.3. The van der Waals surface area contributed by atoms with Crippen LogP contribution in [0, 0.1) is 17.3 Å². The van der Waals surface area contributed by atoms with Crippen LogP contribution in [-0.4, -0.2) is 17.0 Å². The molecule has 0 aromatic carbocycles. The molecule has 2 saturated carbocycles. The first-order valence-electron chi connectivity index (χ1n) is 6.30. The number of fused-ring (bicyclic) bond motifs is 1. The fourth-order valence-electron chi connectivity index (χ4n) is 3.93. The second kappa shape index (κ2) is 3.99. The SMILES string of the molecule is C=C1CC[C@@H](O)[C@]2(C)CCC(CC(C)=O)C12. The lowest BCUT2D eigenvalue weighted by molar-refractivity contribution is -0.118. The molecule has 2 heteroatoms. The van der Waals surface area contributed by atoms with E-state index in [0.29, 0.717) is 18.3 Å². The molecular formula is C14H22O2. The van der Waals surface area contributed by atoms with E-state index in [4.69, 9.17) is 0 Å². The van der Waals surface area contributed by atoms with E-state index in [1.165, 1.54) is 5.57 Å². The Morgan fingerprint density at radius 3 is 2.88 bits per heavy atom. The maximum Gasteiger partial charge on any atom is 0.130 e. The molecule has 90 valence electrons. The predicted octanol–water partition coefficient (Wildman–Crippen LogP) is 2.71. The van der Waals surface area contributed by atoms with Gasteiger partial charge in [-0.15, -0.1) is 0 Å². The fraction of sp³-hybridized carbons (Fsp3) is 0.786. The van der Waals surface area contributed by atoms with Gasteiger partial charge in [0, 0.05) is 11.8 Å². The van der Waals surface area contributed by atoms with E-state index in [2.05, 4.69) is 13.5 Å². The van der Waals surface area contributed by atoms with Gasteiger partial charge < -0.3 is 9.90 Å². The van der Waals surface area contributed by atoms with Crippen LogP contribution in [0.3, 0.4) is 0 Å². The summed E-state index contributed by atoms with van der Waals surface area (Å²) in [7, 11) is 0. The molecule has 4 atom stereocenters.